The number of aromatic nitrogens is 2. The topological polar surface area (TPSA) is 56.5 Å². The third kappa shape index (κ3) is 4.23. The Labute approximate surface area is 154 Å². The van der Waals surface area contributed by atoms with Gasteiger partial charge in [0.25, 0.3) is 0 Å². The highest BCUT2D eigenvalue weighted by molar-refractivity contribution is 5.75. The van der Waals surface area contributed by atoms with Gasteiger partial charge in [-0.1, -0.05) is 38.1 Å². The van der Waals surface area contributed by atoms with E-state index >= 15 is 0 Å². The average Bonchev–Trinajstić information content (AvgIpc) is 2.98. The predicted molar refractivity (Wildman–Crippen MR) is 102 cm³/mol. The van der Waals surface area contributed by atoms with Gasteiger partial charge in [-0.2, -0.15) is 0 Å². The van der Waals surface area contributed by atoms with Gasteiger partial charge in [-0.15, -0.1) is 0 Å². The standard InChI is InChI=1S/C21H26N2O3/c1-15(2)16-8-10-18(11-9-16)26-13-17(24)12-23-20-7-5-4-6-19(20)22-21(23)14-25-3/h4-11,15,17,24H,12-14H2,1-3H3/t17-/m1/s1. The summed E-state index contributed by atoms with van der Waals surface area (Å²) in [5, 5.41) is 10.5. The molecule has 5 heteroatoms. The largest absolute Gasteiger partial charge is 0.491 e. The zero-order chi connectivity index (χ0) is 18.5. The number of ether oxygens (including phenoxy) is 2. The summed E-state index contributed by atoms with van der Waals surface area (Å²) in [6.45, 7) is 5.35. The van der Waals surface area contributed by atoms with Crippen LogP contribution in [0.2, 0.25) is 0 Å². The second kappa shape index (κ2) is 8.34. The monoisotopic (exact) mass is 354 g/mol. The van der Waals surface area contributed by atoms with Crippen molar-refractivity contribution in [1.82, 2.24) is 9.55 Å². The van der Waals surface area contributed by atoms with E-state index in [2.05, 4.69) is 31.0 Å². The van der Waals surface area contributed by atoms with Crippen molar-refractivity contribution in [3.05, 3.63) is 59.9 Å². The summed E-state index contributed by atoms with van der Waals surface area (Å²) in [5.41, 5.74) is 3.16. The van der Waals surface area contributed by atoms with Crippen molar-refractivity contribution in [2.75, 3.05) is 13.7 Å². The van der Waals surface area contributed by atoms with Crippen LogP contribution >= 0.6 is 0 Å². The Morgan fingerprint density at radius 3 is 2.50 bits per heavy atom. The minimum atomic E-state index is -0.645. The molecule has 1 heterocycles. The summed E-state index contributed by atoms with van der Waals surface area (Å²) < 4.78 is 13.0. The fraction of sp³-hybridized carbons (Fsp3) is 0.381. The first kappa shape index (κ1) is 18.4. The first-order valence-electron chi connectivity index (χ1n) is 8.92. The molecule has 26 heavy (non-hydrogen) atoms. The van der Waals surface area contributed by atoms with Crippen molar-refractivity contribution >= 4 is 11.0 Å². The Bertz CT molecular complexity index is 840. The number of imidazole rings is 1. The molecule has 0 fully saturated rings. The molecule has 138 valence electrons. The van der Waals surface area contributed by atoms with Crippen LogP contribution in [0.3, 0.4) is 0 Å². The number of methoxy groups -OCH3 is 1. The minimum Gasteiger partial charge on any atom is -0.491 e. The number of benzene rings is 2. The average molecular weight is 354 g/mol. The molecule has 0 saturated carbocycles. The molecule has 1 atom stereocenters. The summed E-state index contributed by atoms with van der Waals surface area (Å²) in [5.74, 6) is 2.05. The lowest BCUT2D eigenvalue weighted by Gasteiger charge is -2.16. The summed E-state index contributed by atoms with van der Waals surface area (Å²) in [7, 11) is 1.64. The van der Waals surface area contributed by atoms with Crippen LogP contribution in [0.5, 0.6) is 5.75 Å². The van der Waals surface area contributed by atoms with E-state index in [1.165, 1.54) is 5.56 Å². The molecule has 5 nitrogen and oxygen atoms in total. The molecule has 0 radical (unpaired) electrons. The number of rotatable bonds is 8. The van der Waals surface area contributed by atoms with Crippen LogP contribution < -0.4 is 4.74 Å². The highest BCUT2D eigenvalue weighted by Gasteiger charge is 2.14. The van der Waals surface area contributed by atoms with Crippen molar-refractivity contribution in [3.8, 4) is 5.75 Å². The molecule has 0 unspecified atom stereocenters. The Hall–Kier alpha value is -2.37. The minimum absolute atomic E-state index is 0.222. The second-order valence-electron chi connectivity index (χ2n) is 6.75. The van der Waals surface area contributed by atoms with Crippen LogP contribution in [0.15, 0.2) is 48.5 Å². The molecule has 0 aliphatic rings. The van der Waals surface area contributed by atoms with E-state index in [1.54, 1.807) is 7.11 Å². The van der Waals surface area contributed by atoms with Gasteiger partial charge < -0.3 is 19.1 Å². The van der Waals surface area contributed by atoms with E-state index in [0.29, 0.717) is 19.1 Å². The maximum atomic E-state index is 10.5. The number of fused-ring (bicyclic) bond motifs is 1. The highest BCUT2D eigenvalue weighted by Crippen LogP contribution is 2.20. The van der Waals surface area contributed by atoms with Gasteiger partial charge >= 0.3 is 0 Å². The summed E-state index contributed by atoms with van der Waals surface area (Å²) in [4.78, 5) is 4.59. The second-order valence-corrected chi connectivity index (χ2v) is 6.75. The maximum absolute atomic E-state index is 10.5. The zero-order valence-corrected chi connectivity index (χ0v) is 15.6. The van der Waals surface area contributed by atoms with Crippen molar-refractivity contribution in [3.63, 3.8) is 0 Å². The summed E-state index contributed by atoms with van der Waals surface area (Å²) >= 11 is 0. The first-order valence-corrected chi connectivity index (χ1v) is 8.92. The molecule has 0 amide bonds. The number of hydrogen-bond acceptors (Lipinski definition) is 4. The van der Waals surface area contributed by atoms with Gasteiger partial charge in [0.15, 0.2) is 0 Å². The van der Waals surface area contributed by atoms with E-state index in [1.807, 2.05) is 41.0 Å². The van der Waals surface area contributed by atoms with Crippen LogP contribution in [-0.4, -0.2) is 34.5 Å². The maximum Gasteiger partial charge on any atom is 0.136 e. The van der Waals surface area contributed by atoms with E-state index in [-0.39, 0.29) is 6.61 Å². The van der Waals surface area contributed by atoms with E-state index in [0.717, 1.165) is 22.6 Å². The van der Waals surface area contributed by atoms with Gasteiger partial charge in [-0.25, -0.2) is 4.98 Å². The fourth-order valence-corrected chi connectivity index (χ4v) is 2.97. The van der Waals surface area contributed by atoms with Gasteiger partial charge in [-0.3, -0.25) is 0 Å². The highest BCUT2D eigenvalue weighted by atomic mass is 16.5. The lowest BCUT2D eigenvalue weighted by Crippen LogP contribution is -2.24. The van der Waals surface area contributed by atoms with E-state index < -0.39 is 6.10 Å². The number of aliphatic hydroxyl groups is 1. The van der Waals surface area contributed by atoms with Crippen molar-refractivity contribution < 1.29 is 14.6 Å². The molecular formula is C21H26N2O3. The quantitative estimate of drug-likeness (QED) is 0.669. The summed E-state index contributed by atoms with van der Waals surface area (Å²) in [6, 6.07) is 15.9. The Balaban J connectivity index is 1.67. The number of para-hydroxylation sites is 2. The molecule has 0 aliphatic carbocycles. The van der Waals surface area contributed by atoms with E-state index in [9.17, 15) is 5.11 Å². The van der Waals surface area contributed by atoms with Gasteiger partial charge in [0.05, 0.1) is 17.6 Å². The van der Waals surface area contributed by atoms with Crippen LogP contribution in [0.25, 0.3) is 11.0 Å². The van der Waals surface area contributed by atoms with Crippen molar-refractivity contribution in [1.29, 1.82) is 0 Å². The van der Waals surface area contributed by atoms with Crippen LogP contribution in [0, 0.1) is 0 Å². The van der Waals surface area contributed by atoms with Crippen LogP contribution in [0.4, 0.5) is 0 Å². The van der Waals surface area contributed by atoms with Gasteiger partial charge in [-0.05, 0) is 35.7 Å². The van der Waals surface area contributed by atoms with E-state index in [4.69, 9.17) is 9.47 Å². The molecule has 0 spiro atoms. The SMILES string of the molecule is COCc1nc2ccccc2n1C[C@@H](O)COc1ccc(C(C)C)cc1. The fourth-order valence-electron chi connectivity index (χ4n) is 2.97. The summed E-state index contributed by atoms with van der Waals surface area (Å²) in [6.07, 6.45) is -0.645. The Morgan fingerprint density at radius 1 is 1.08 bits per heavy atom. The third-order valence-corrected chi connectivity index (χ3v) is 4.39. The first-order chi connectivity index (χ1) is 12.6. The molecule has 0 saturated heterocycles. The van der Waals surface area contributed by atoms with Crippen molar-refractivity contribution in [2.45, 2.75) is 39.0 Å². The molecule has 3 aromatic rings. The Kier molecular flexibility index (Phi) is 5.91. The normalized spacial score (nSPS) is 12.7. The van der Waals surface area contributed by atoms with Gasteiger partial charge in [0, 0.05) is 7.11 Å². The smallest absolute Gasteiger partial charge is 0.136 e. The lowest BCUT2D eigenvalue weighted by molar-refractivity contribution is 0.0901. The molecule has 3 rings (SSSR count). The van der Waals surface area contributed by atoms with Crippen molar-refractivity contribution in [2.24, 2.45) is 0 Å². The predicted octanol–water partition coefficient (Wildman–Crippen LogP) is 3.75. The number of hydrogen-bond donors (Lipinski definition) is 1. The third-order valence-electron chi connectivity index (χ3n) is 4.39. The molecular weight excluding hydrogens is 328 g/mol. The molecule has 0 bridgehead atoms. The molecule has 2 aromatic carbocycles. The van der Waals surface area contributed by atoms with Crippen LogP contribution in [-0.2, 0) is 17.9 Å². The zero-order valence-electron chi connectivity index (χ0n) is 15.6. The van der Waals surface area contributed by atoms with Gasteiger partial charge in [0.2, 0.25) is 0 Å². The van der Waals surface area contributed by atoms with Gasteiger partial charge in [0.1, 0.15) is 30.9 Å². The number of aliphatic hydroxyl groups excluding tert-OH is 1. The molecule has 1 aromatic heterocycles. The molecule has 0 aliphatic heterocycles. The molecule has 1 N–H and O–H groups in total. The Morgan fingerprint density at radius 2 is 1.81 bits per heavy atom. The lowest BCUT2D eigenvalue weighted by atomic mass is 10.0. The van der Waals surface area contributed by atoms with Crippen LogP contribution in [0.1, 0.15) is 31.2 Å². The number of nitrogens with zero attached hydrogens (tertiary/aromatic N) is 2.